The van der Waals surface area contributed by atoms with Crippen LogP contribution in [-0.2, 0) is 11.2 Å². The Bertz CT molecular complexity index is 678. The van der Waals surface area contributed by atoms with Crippen LogP contribution in [0.1, 0.15) is 5.56 Å². The largest absolute Gasteiger partial charge is 0.483 e. The van der Waals surface area contributed by atoms with E-state index in [1.165, 1.54) is 5.56 Å². The van der Waals surface area contributed by atoms with E-state index in [2.05, 4.69) is 33.4 Å². The fourth-order valence-electron chi connectivity index (χ4n) is 2.94. The molecule has 1 aliphatic rings. The van der Waals surface area contributed by atoms with Gasteiger partial charge in [-0.15, -0.1) is 0 Å². The molecule has 0 aromatic heterocycles. The lowest BCUT2D eigenvalue weighted by Crippen LogP contribution is -2.55. The Hall–Kier alpha value is -1.85. The highest BCUT2D eigenvalue weighted by molar-refractivity contribution is 9.10. The molecule has 24 heavy (non-hydrogen) atoms. The molecular formula is C19H21BrN2O2. The minimum absolute atomic E-state index is 0.0354. The number of para-hydroxylation sites is 1. The van der Waals surface area contributed by atoms with Gasteiger partial charge in [0.15, 0.2) is 6.61 Å². The van der Waals surface area contributed by atoms with Gasteiger partial charge in [-0.25, -0.2) is 0 Å². The second kappa shape index (κ2) is 8.31. The number of nitrogens with zero attached hydrogens (tertiary/aromatic N) is 1. The number of carbonyl (C=O) groups excluding carboxylic acids is 1. The molecule has 0 bridgehead atoms. The highest BCUT2D eigenvalue weighted by Gasteiger charge is 2.27. The van der Waals surface area contributed by atoms with Crippen LogP contribution in [0.25, 0.3) is 0 Å². The summed E-state index contributed by atoms with van der Waals surface area (Å²) < 4.78 is 6.55. The highest BCUT2D eigenvalue weighted by atomic mass is 79.9. The second-order valence-corrected chi connectivity index (χ2v) is 6.71. The average Bonchev–Trinajstić information content (AvgIpc) is 2.62. The molecule has 0 radical (unpaired) electrons. The van der Waals surface area contributed by atoms with Crippen molar-refractivity contribution in [2.24, 2.45) is 0 Å². The quantitative estimate of drug-likeness (QED) is 0.855. The maximum Gasteiger partial charge on any atom is 0.260 e. The van der Waals surface area contributed by atoms with Gasteiger partial charge in [-0.3, -0.25) is 4.79 Å². The van der Waals surface area contributed by atoms with E-state index in [0.717, 1.165) is 30.5 Å². The first kappa shape index (κ1) is 17.0. The Kier molecular flexibility index (Phi) is 5.88. The lowest BCUT2D eigenvalue weighted by atomic mass is 10.0. The first-order chi connectivity index (χ1) is 11.7. The summed E-state index contributed by atoms with van der Waals surface area (Å²) in [5.74, 6) is 0.730. The van der Waals surface area contributed by atoms with Crippen molar-refractivity contribution >= 4 is 21.8 Å². The van der Waals surface area contributed by atoms with Crippen LogP contribution in [0.4, 0.5) is 0 Å². The molecule has 1 amide bonds. The summed E-state index contributed by atoms with van der Waals surface area (Å²) in [7, 11) is 0. The summed E-state index contributed by atoms with van der Waals surface area (Å²) in [5, 5.41) is 3.38. The van der Waals surface area contributed by atoms with Gasteiger partial charge in [0.25, 0.3) is 5.91 Å². The van der Waals surface area contributed by atoms with Gasteiger partial charge in [0, 0.05) is 25.7 Å². The summed E-state index contributed by atoms with van der Waals surface area (Å²) in [5.41, 5.74) is 1.25. The molecule has 1 fully saturated rings. The van der Waals surface area contributed by atoms with Crippen LogP contribution in [0.2, 0.25) is 0 Å². The van der Waals surface area contributed by atoms with Crippen molar-refractivity contribution in [1.29, 1.82) is 0 Å². The molecule has 1 unspecified atom stereocenters. The minimum Gasteiger partial charge on any atom is -0.483 e. The molecule has 3 rings (SSSR count). The number of ether oxygens (including phenoxy) is 1. The van der Waals surface area contributed by atoms with Crippen molar-refractivity contribution in [3.63, 3.8) is 0 Å². The van der Waals surface area contributed by atoms with Crippen molar-refractivity contribution in [1.82, 2.24) is 10.2 Å². The zero-order valence-electron chi connectivity index (χ0n) is 13.5. The van der Waals surface area contributed by atoms with Crippen molar-refractivity contribution in [3.8, 4) is 5.75 Å². The summed E-state index contributed by atoms with van der Waals surface area (Å²) in [6.45, 7) is 2.42. The molecule has 0 aliphatic carbocycles. The molecule has 0 spiro atoms. The molecule has 126 valence electrons. The fourth-order valence-corrected chi connectivity index (χ4v) is 3.34. The van der Waals surface area contributed by atoms with Crippen LogP contribution in [0.5, 0.6) is 5.75 Å². The smallest absolute Gasteiger partial charge is 0.260 e. The Morgan fingerprint density at radius 3 is 2.71 bits per heavy atom. The van der Waals surface area contributed by atoms with Crippen LogP contribution in [0.3, 0.4) is 0 Å². The fraction of sp³-hybridized carbons (Fsp3) is 0.316. The normalized spacial score (nSPS) is 17.5. The van der Waals surface area contributed by atoms with E-state index in [1.807, 2.05) is 47.4 Å². The summed E-state index contributed by atoms with van der Waals surface area (Å²) in [4.78, 5) is 14.6. The van der Waals surface area contributed by atoms with Gasteiger partial charge in [-0.1, -0.05) is 42.5 Å². The van der Waals surface area contributed by atoms with E-state index in [0.29, 0.717) is 5.75 Å². The average molecular weight is 389 g/mol. The van der Waals surface area contributed by atoms with E-state index in [4.69, 9.17) is 4.74 Å². The predicted octanol–water partition coefficient (Wildman–Crippen LogP) is 2.87. The summed E-state index contributed by atoms with van der Waals surface area (Å²) in [6, 6.07) is 18.0. The van der Waals surface area contributed by atoms with Crippen LogP contribution in [0.15, 0.2) is 59.1 Å². The maximum absolute atomic E-state index is 12.6. The zero-order chi connectivity index (χ0) is 16.8. The number of amides is 1. The predicted molar refractivity (Wildman–Crippen MR) is 98.2 cm³/mol. The third kappa shape index (κ3) is 4.36. The molecule has 1 heterocycles. The van der Waals surface area contributed by atoms with Crippen LogP contribution < -0.4 is 10.1 Å². The van der Waals surface area contributed by atoms with Gasteiger partial charge in [-0.2, -0.15) is 0 Å². The van der Waals surface area contributed by atoms with Crippen molar-refractivity contribution in [3.05, 3.63) is 64.6 Å². The van der Waals surface area contributed by atoms with E-state index < -0.39 is 0 Å². The van der Waals surface area contributed by atoms with Crippen LogP contribution in [0, 0.1) is 0 Å². The van der Waals surface area contributed by atoms with Gasteiger partial charge < -0.3 is 15.0 Å². The number of hydrogen-bond acceptors (Lipinski definition) is 3. The van der Waals surface area contributed by atoms with Gasteiger partial charge in [0.05, 0.1) is 4.47 Å². The number of rotatable bonds is 5. The molecule has 1 N–H and O–H groups in total. The summed E-state index contributed by atoms with van der Waals surface area (Å²) in [6.07, 6.45) is 0.856. The van der Waals surface area contributed by atoms with E-state index >= 15 is 0 Å². The van der Waals surface area contributed by atoms with Gasteiger partial charge in [-0.05, 0) is 40.0 Å². The van der Waals surface area contributed by atoms with E-state index in [-0.39, 0.29) is 18.6 Å². The van der Waals surface area contributed by atoms with Crippen molar-refractivity contribution in [2.45, 2.75) is 12.5 Å². The molecule has 1 atom stereocenters. The molecular weight excluding hydrogens is 368 g/mol. The molecule has 4 nitrogen and oxygen atoms in total. The number of hydrogen-bond donors (Lipinski definition) is 1. The second-order valence-electron chi connectivity index (χ2n) is 5.85. The lowest BCUT2D eigenvalue weighted by molar-refractivity contribution is -0.136. The Morgan fingerprint density at radius 2 is 1.92 bits per heavy atom. The van der Waals surface area contributed by atoms with Crippen molar-refractivity contribution in [2.75, 3.05) is 26.2 Å². The molecule has 1 saturated heterocycles. The van der Waals surface area contributed by atoms with E-state index in [1.54, 1.807) is 0 Å². The van der Waals surface area contributed by atoms with Gasteiger partial charge in [0.1, 0.15) is 5.75 Å². The Labute approximate surface area is 150 Å². The maximum atomic E-state index is 12.6. The van der Waals surface area contributed by atoms with Crippen LogP contribution >= 0.6 is 15.9 Å². The van der Waals surface area contributed by atoms with Crippen LogP contribution in [-0.4, -0.2) is 43.1 Å². The van der Waals surface area contributed by atoms with Crippen molar-refractivity contribution < 1.29 is 9.53 Å². The highest BCUT2D eigenvalue weighted by Crippen LogP contribution is 2.24. The molecule has 0 saturated carbocycles. The molecule has 2 aromatic rings. The molecule has 1 aliphatic heterocycles. The third-order valence-corrected chi connectivity index (χ3v) is 4.83. The zero-order valence-corrected chi connectivity index (χ0v) is 15.0. The van der Waals surface area contributed by atoms with Gasteiger partial charge in [0.2, 0.25) is 0 Å². The summed E-state index contributed by atoms with van der Waals surface area (Å²) >= 11 is 3.44. The number of carbonyl (C=O) groups is 1. The first-order valence-electron chi connectivity index (χ1n) is 8.15. The Morgan fingerprint density at radius 1 is 1.17 bits per heavy atom. The topological polar surface area (TPSA) is 41.6 Å². The molecule has 5 heteroatoms. The minimum atomic E-state index is 0.0354. The van der Waals surface area contributed by atoms with Gasteiger partial charge >= 0.3 is 0 Å². The number of piperazine rings is 1. The number of halogens is 1. The Balaban J connectivity index is 1.62. The monoisotopic (exact) mass is 388 g/mol. The molecule has 2 aromatic carbocycles. The SMILES string of the molecule is O=C(COc1ccccc1Br)N1CCNCC1Cc1ccccc1. The standard InChI is InChI=1S/C19H21BrN2O2/c20-17-8-4-5-9-18(17)24-14-19(23)22-11-10-21-13-16(22)12-15-6-2-1-3-7-15/h1-9,16,21H,10-14H2. The lowest BCUT2D eigenvalue weighted by Gasteiger charge is -2.36. The van der Waals surface area contributed by atoms with E-state index in [9.17, 15) is 4.79 Å². The first-order valence-corrected chi connectivity index (χ1v) is 8.95. The number of benzene rings is 2. The third-order valence-electron chi connectivity index (χ3n) is 4.17. The number of nitrogens with one attached hydrogen (secondary N) is 1.